The molecule has 0 aromatic heterocycles. The topological polar surface area (TPSA) is 12.0 Å². The summed E-state index contributed by atoms with van der Waals surface area (Å²) < 4.78 is 1.16. The molecule has 1 fully saturated rings. The molecule has 15 heavy (non-hydrogen) atoms. The van der Waals surface area contributed by atoms with Gasteiger partial charge in [0.05, 0.1) is 0 Å². The van der Waals surface area contributed by atoms with Crippen LogP contribution in [0.3, 0.4) is 0 Å². The van der Waals surface area contributed by atoms with Gasteiger partial charge >= 0.3 is 0 Å². The summed E-state index contributed by atoms with van der Waals surface area (Å²) >= 11 is 3.45. The summed E-state index contributed by atoms with van der Waals surface area (Å²) in [6.07, 6.45) is 5.45. The molecule has 2 rings (SSSR count). The summed E-state index contributed by atoms with van der Waals surface area (Å²) in [6, 6.07) is 8.60. The summed E-state index contributed by atoms with van der Waals surface area (Å²) in [7, 11) is 0. The van der Waals surface area contributed by atoms with E-state index in [0.717, 1.165) is 23.4 Å². The maximum Gasteiger partial charge on any atom is 0.0175 e. The Morgan fingerprint density at radius 1 is 1.20 bits per heavy atom. The first kappa shape index (κ1) is 11.2. The molecule has 0 aliphatic heterocycles. The van der Waals surface area contributed by atoms with Gasteiger partial charge in [0.15, 0.2) is 0 Å². The molecule has 0 spiro atoms. The lowest BCUT2D eigenvalue weighted by atomic mass is 9.85. The van der Waals surface area contributed by atoms with Crippen LogP contribution < -0.4 is 5.32 Å². The molecule has 0 unspecified atom stereocenters. The van der Waals surface area contributed by atoms with E-state index >= 15 is 0 Å². The van der Waals surface area contributed by atoms with E-state index in [1.807, 2.05) is 0 Å². The number of hydrogen-bond acceptors (Lipinski definition) is 1. The molecule has 0 radical (unpaired) electrons. The monoisotopic (exact) mass is 267 g/mol. The van der Waals surface area contributed by atoms with E-state index in [-0.39, 0.29) is 0 Å². The van der Waals surface area contributed by atoms with Gasteiger partial charge in [0, 0.05) is 4.47 Å². The third-order valence-corrected chi connectivity index (χ3v) is 3.69. The molecular formula is C13H18BrN. The van der Waals surface area contributed by atoms with Crippen LogP contribution in [0.25, 0.3) is 0 Å². The number of benzene rings is 1. The molecule has 1 aliphatic rings. The third kappa shape index (κ3) is 3.62. The van der Waals surface area contributed by atoms with Gasteiger partial charge in [0.1, 0.15) is 0 Å². The van der Waals surface area contributed by atoms with E-state index in [1.54, 1.807) is 0 Å². The van der Waals surface area contributed by atoms with Gasteiger partial charge in [-0.15, -0.1) is 0 Å². The average molecular weight is 268 g/mol. The smallest absolute Gasteiger partial charge is 0.0175 e. The zero-order valence-electron chi connectivity index (χ0n) is 9.01. The van der Waals surface area contributed by atoms with Crippen molar-refractivity contribution in [2.24, 2.45) is 5.92 Å². The van der Waals surface area contributed by atoms with Crippen LogP contribution in [0.1, 0.15) is 24.8 Å². The predicted molar refractivity (Wildman–Crippen MR) is 68.1 cm³/mol. The van der Waals surface area contributed by atoms with Crippen LogP contribution in [0, 0.1) is 5.92 Å². The summed E-state index contributed by atoms with van der Waals surface area (Å²) in [5, 5.41) is 3.54. The number of rotatable bonds is 5. The van der Waals surface area contributed by atoms with E-state index in [9.17, 15) is 0 Å². The van der Waals surface area contributed by atoms with E-state index in [2.05, 4.69) is 45.5 Å². The van der Waals surface area contributed by atoms with Gasteiger partial charge in [-0.2, -0.15) is 0 Å². The van der Waals surface area contributed by atoms with Gasteiger partial charge in [-0.1, -0.05) is 34.5 Å². The van der Waals surface area contributed by atoms with Gasteiger partial charge in [-0.3, -0.25) is 0 Å². The lowest BCUT2D eigenvalue weighted by Crippen LogP contribution is -2.28. The van der Waals surface area contributed by atoms with Crippen molar-refractivity contribution in [2.45, 2.75) is 25.7 Å². The van der Waals surface area contributed by atoms with E-state index < -0.39 is 0 Å². The third-order valence-electron chi connectivity index (χ3n) is 3.16. The first-order valence-corrected chi connectivity index (χ1v) is 6.59. The van der Waals surface area contributed by atoms with Crippen molar-refractivity contribution in [3.63, 3.8) is 0 Å². The first-order chi connectivity index (χ1) is 7.34. The van der Waals surface area contributed by atoms with Crippen LogP contribution in [0.2, 0.25) is 0 Å². The molecule has 0 bridgehead atoms. The molecule has 0 atom stereocenters. The van der Waals surface area contributed by atoms with Gasteiger partial charge in [-0.05, 0) is 56.0 Å². The van der Waals surface area contributed by atoms with Crippen molar-refractivity contribution in [3.05, 3.63) is 34.3 Å². The standard InChI is InChI=1S/C13H18BrN/c14-13-6-4-11(5-7-13)8-9-15-10-12-2-1-3-12/h4-7,12,15H,1-3,8-10H2. The highest BCUT2D eigenvalue weighted by Crippen LogP contribution is 2.25. The van der Waals surface area contributed by atoms with Gasteiger partial charge in [-0.25, -0.2) is 0 Å². The van der Waals surface area contributed by atoms with Crippen LogP contribution in [0.5, 0.6) is 0 Å². The molecule has 1 aromatic carbocycles. The average Bonchev–Trinajstić information content (AvgIpc) is 2.18. The van der Waals surface area contributed by atoms with Crippen LogP contribution in [0.4, 0.5) is 0 Å². The summed E-state index contributed by atoms with van der Waals surface area (Å²) in [6.45, 7) is 2.33. The summed E-state index contributed by atoms with van der Waals surface area (Å²) in [4.78, 5) is 0. The summed E-state index contributed by atoms with van der Waals surface area (Å²) in [5.74, 6) is 0.968. The van der Waals surface area contributed by atoms with Gasteiger partial charge < -0.3 is 5.32 Å². The van der Waals surface area contributed by atoms with Crippen molar-refractivity contribution in [3.8, 4) is 0 Å². The fourth-order valence-corrected chi connectivity index (χ4v) is 2.15. The molecule has 0 amide bonds. The Kier molecular flexibility index (Phi) is 4.21. The molecule has 1 aliphatic carbocycles. The maximum absolute atomic E-state index is 3.54. The molecule has 0 heterocycles. The van der Waals surface area contributed by atoms with Crippen LogP contribution in [0.15, 0.2) is 28.7 Å². The second-order valence-corrected chi connectivity index (χ2v) is 5.29. The normalized spacial score (nSPS) is 16.3. The lowest BCUT2D eigenvalue weighted by molar-refractivity contribution is 0.303. The van der Waals surface area contributed by atoms with E-state index in [4.69, 9.17) is 0 Å². The molecule has 1 nitrogen and oxygen atoms in total. The Labute approximate surface area is 100 Å². The fourth-order valence-electron chi connectivity index (χ4n) is 1.89. The molecule has 2 heteroatoms. The minimum absolute atomic E-state index is 0.968. The Morgan fingerprint density at radius 3 is 2.53 bits per heavy atom. The van der Waals surface area contributed by atoms with E-state index in [0.29, 0.717) is 0 Å². The predicted octanol–water partition coefficient (Wildman–Crippen LogP) is 3.38. The van der Waals surface area contributed by atoms with Crippen molar-refractivity contribution in [2.75, 3.05) is 13.1 Å². The van der Waals surface area contributed by atoms with Crippen molar-refractivity contribution >= 4 is 15.9 Å². The van der Waals surface area contributed by atoms with Crippen LogP contribution in [-0.2, 0) is 6.42 Å². The Bertz CT molecular complexity index is 290. The molecular weight excluding hydrogens is 250 g/mol. The van der Waals surface area contributed by atoms with Crippen LogP contribution in [-0.4, -0.2) is 13.1 Å². The molecule has 1 N–H and O–H groups in total. The summed E-state index contributed by atoms with van der Waals surface area (Å²) in [5.41, 5.74) is 1.42. The number of hydrogen-bond donors (Lipinski definition) is 1. The lowest BCUT2D eigenvalue weighted by Gasteiger charge is -2.25. The zero-order valence-corrected chi connectivity index (χ0v) is 10.6. The second kappa shape index (κ2) is 5.66. The highest BCUT2D eigenvalue weighted by atomic mass is 79.9. The van der Waals surface area contributed by atoms with Crippen molar-refractivity contribution in [1.29, 1.82) is 0 Å². The minimum Gasteiger partial charge on any atom is -0.316 e. The Morgan fingerprint density at radius 2 is 1.93 bits per heavy atom. The zero-order chi connectivity index (χ0) is 10.5. The second-order valence-electron chi connectivity index (χ2n) is 4.38. The van der Waals surface area contributed by atoms with Gasteiger partial charge in [0.2, 0.25) is 0 Å². The number of nitrogens with one attached hydrogen (secondary N) is 1. The highest BCUT2D eigenvalue weighted by Gasteiger charge is 2.15. The Balaban J connectivity index is 1.62. The van der Waals surface area contributed by atoms with Gasteiger partial charge in [0.25, 0.3) is 0 Å². The minimum atomic E-state index is 0.968. The molecule has 0 saturated heterocycles. The molecule has 1 saturated carbocycles. The van der Waals surface area contributed by atoms with Crippen molar-refractivity contribution in [1.82, 2.24) is 5.32 Å². The molecule has 1 aromatic rings. The highest BCUT2D eigenvalue weighted by molar-refractivity contribution is 9.10. The number of halogens is 1. The molecule has 82 valence electrons. The Hall–Kier alpha value is -0.340. The van der Waals surface area contributed by atoms with Crippen molar-refractivity contribution < 1.29 is 0 Å². The maximum atomic E-state index is 3.54. The SMILES string of the molecule is Brc1ccc(CCNCC2CCC2)cc1. The quantitative estimate of drug-likeness (QED) is 0.807. The fraction of sp³-hybridized carbons (Fsp3) is 0.538. The first-order valence-electron chi connectivity index (χ1n) is 5.80. The van der Waals surface area contributed by atoms with E-state index in [1.165, 1.54) is 31.4 Å². The largest absolute Gasteiger partial charge is 0.316 e. The van der Waals surface area contributed by atoms with Crippen LogP contribution >= 0.6 is 15.9 Å².